The summed E-state index contributed by atoms with van der Waals surface area (Å²) < 4.78 is 0. The van der Waals surface area contributed by atoms with E-state index < -0.39 is 5.97 Å². The van der Waals surface area contributed by atoms with Crippen molar-refractivity contribution >= 4 is 40.9 Å². The Morgan fingerprint density at radius 3 is 2.52 bits per heavy atom. The molecule has 7 atom stereocenters. The molecule has 7 nitrogen and oxygen atoms in total. The molecule has 2 N–H and O–H groups in total. The number of aromatic nitrogens is 1. The maximum atomic E-state index is 13.4. The number of H-pyrrole nitrogens is 1. The summed E-state index contributed by atoms with van der Waals surface area (Å²) in [5.41, 5.74) is 2.33. The summed E-state index contributed by atoms with van der Waals surface area (Å²) in [6, 6.07) is 8.44. The summed E-state index contributed by atoms with van der Waals surface area (Å²) in [7, 11) is 0. The van der Waals surface area contributed by atoms with Gasteiger partial charge in [0.05, 0.1) is 16.9 Å². The van der Waals surface area contributed by atoms with Crippen molar-refractivity contribution in [2.75, 3.05) is 6.54 Å². The van der Waals surface area contributed by atoms with Crippen molar-refractivity contribution in [1.82, 2.24) is 9.88 Å². The molecule has 172 valence electrons. The minimum absolute atomic E-state index is 0.0377. The van der Waals surface area contributed by atoms with Crippen LogP contribution in [-0.2, 0) is 14.4 Å². The first-order valence-electron chi connectivity index (χ1n) is 11.4. The molecule has 1 saturated heterocycles. The number of carbonyl (C=O) groups excluding carboxylic acids is 2. The van der Waals surface area contributed by atoms with Crippen LogP contribution in [0, 0.1) is 36.5 Å². The lowest BCUT2D eigenvalue weighted by molar-refractivity contribution is -0.142. The van der Waals surface area contributed by atoms with Crippen molar-refractivity contribution in [2.45, 2.75) is 42.4 Å². The van der Waals surface area contributed by atoms with Gasteiger partial charge in [0.15, 0.2) is 0 Å². The molecular formula is C24H24N2O5S2. The van der Waals surface area contributed by atoms with Crippen LogP contribution in [0.5, 0.6) is 0 Å². The fraction of sp³-hybridized carbons (Fsp3) is 0.500. The number of benzene rings is 1. The van der Waals surface area contributed by atoms with Crippen molar-refractivity contribution in [1.29, 1.82) is 0 Å². The highest BCUT2D eigenvalue weighted by atomic mass is 32.2. The Bertz CT molecular complexity index is 1220. The number of imide groups is 1. The van der Waals surface area contributed by atoms with Crippen LogP contribution in [0.3, 0.4) is 0 Å². The molecule has 4 aliphatic rings. The third kappa shape index (κ3) is 3.08. The SMILES string of the molecule is Cc1ccc([C@@H]2c3sc(=O)[nH]c3S[C@@H]3[C@H]4C[C@@H]([C@@H]5C(=O)N(CCCC(=O)O)C(=O)[C@H]45)[C@@H]23)cc1. The number of carboxylic acid groups (broad SMARTS) is 1. The first-order valence-corrected chi connectivity index (χ1v) is 13.1. The van der Waals surface area contributed by atoms with Gasteiger partial charge in [-0.25, -0.2) is 0 Å². The van der Waals surface area contributed by atoms with Crippen molar-refractivity contribution in [3.05, 3.63) is 49.9 Å². The number of rotatable bonds is 5. The monoisotopic (exact) mass is 484 g/mol. The number of hydrogen-bond acceptors (Lipinski definition) is 6. The summed E-state index contributed by atoms with van der Waals surface area (Å²) in [4.78, 5) is 55.1. The number of aromatic amines is 1. The molecule has 1 aromatic carbocycles. The van der Waals surface area contributed by atoms with Crippen molar-refractivity contribution in [3.8, 4) is 0 Å². The molecule has 33 heavy (non-hydrogen) atoms. The van der Waals surface area contributed by atoms with E-state index in [0.717, 1.165) is 21.9 Å². The maximum Gasteiger partial charge on any atom is 0.305 e. The van der Waals surface area contributed by atoms with Crippen LogP contribution < -0.4 is 4.87 Å². The largest absolute Gasteiger partial charge is 0.481 e. The molecule has 2 amide bonds. The zero-order valence-corrected chi connectivity index (χ0v) is 19.7. The Labute approximate surface area is 198 Å². The molecule has 9 heteroatoms. The first kappa shape index (κ1) is 21.2. The third-order valence-electron chi connectivity index (χ3n) is 8.02. The summed E-state index contributed by atoms with van der Waals surface area (Å²) in [6.07, 6.45) is 1.09. The summed E-state index contributed by atoms with van der Waals surface area (Å²) in [5, 5.41) is 10.0. The van der Waals surface area contributed by atoms with Gasteiger partial charge in [-0.15, -0.1) is 11.8 Å². The lowest BCUT2D eigenvalue weighted by atomic mass is 9.68. The predicted molar refractivity (Wildman–Crippen MR) is 123 cm³/mol. The molecule has 6 rings (SSSR count). The highest BCUT2D eigenvalue weighted by molar-refractivity contribution is 8.00. The Morgan fingerprint density at radius 2 is 1.82 bits per heavy atom. The van der Waals surface area contributed by atoms with Gasteiger partial charge < -0.3 is 10.1 Å². The second kappa shape index (κ2) is 7.56. The van der Waals surface area contributed by atoms with Gasteiger partial charge >= 0.3 is 10.8 Å². The van der Waals surface area contributed by atoms with E-state index in [-0.39, 0.29) is 76.8 Å². The maximum absolute atomic E-state index is 13.4. The number of thioether (sulfide) groups is 1. The summed E-state index contributed by atoms with van der Waals surface area (Å²) >= 11 is 2.95. The highest BCUT2D eigenvalue weighted by Crippen LogP contribution is 2.68. The normalized spacial score (nSPS) is 33.8. The number of carboxylic acids is 1. The van der Waals surface area contributed by atoms with Gasteiger partial charge in [0.1, 0.15) is 0 Å². The number of nitrogens with one attached hydrogen (secondary N) is 1. The molecule has 0 spiro atoms. The summed E-state index contributed by atoms with van der Waals surface area (Å²) in [5.74, 6) is -1.38. The molecule has 2 aliphatic heterocycles. The minimum Gasteiger partial charge on any atom is -0.481 e. The zero-order valence-electron chi connectivity index (χ0n) is 18.0. The van der Waals surface area contributed by atoms with Crippen molar-refractivity contribution in [2.24, 2.45) is 29.6 Å². The Kier molecular flexibility index (Phi) is 4.85. The van der Waals surface area contributed by atoms with Crippen LogP contribution in [-0.4, -0.2) is 44.6 Å². The number of aliphatic carboxylic acids is 1. The molecule has 2 aliphatic carbocycles. The molecule has 2 aromatic rings. The number of amides is 2. The van der Waals surface area contributed by atoms with Gasteiger partial charge in [-0.2, -0.15) is 0 Å². The Morgan fingerprint density at radius 1 is 1.12 bits per heavy atom. The number of hydrogen-bond donors (Lipinski definition) is 2. The topological polar surface area (TPSA) is 108 Å². The van der Waals surface area contributed by atoms with E-state index in [2.05, 4.69) is 29.2 Å². The lowest BCUT2D eigenvalue weighted by Crippen LogP contribution is -2.42. The van der Waals surface area contributed by atoms with Gasteiger partial charge in [0, 0.05) is 29.0 Å². The van der Waals surface area contributed by atoms with Crippen LogP contribution in [0.15, 0.2) is 34.1 Å². The molecule has 2 saturated carbocycles. The fourth-order valence-corrected chi connectivity index (χ4v) is 9.72. The third-order valence-corrected chi connectivity index (χ3v) is 10.6. The van der Waals surface area contributed by atoms with Crippen molar-refractivity contribution < 1.29 is 19.5 Å². The standard InChI is InChI=1S/C24H24N2O5S2/c1-10-4-6-11(7-5-10)15-16-12-9-13(19(16)32-21-20(15)33-24(31)25-21)18-17(12)22(29)26(23(18)30)8-2-3-14(27)28/h4-7,12-13,15-19H,2-3,8-9H2,1H3,(H,25,31)(H,27,28)/t12-,13+,15+,16+,17+,18-,19-/m1/s1. The van der Waals surface area contributed by atoms with Crippen LogP contribution in [0.2, 0.25) is 0 Å². The number of likely N-dealkylation sites (tertiary alicyclic amines) is 1. The fourth-order valence-electron chi connectivity index (χ4n) is 6.83. The van der Waals surface area contributed by atoms with Gasteiger partial charge in [0.25, 0.3) is 0 Å². The molecule has 3 heterocycles. The average Bonchev–Trinajstić information content (AvgIpc) is 3.49. The second-order valence-corrected chi connectivity index (χ2v) is 11.9. The molecular weight excluding hydrogens is 460 g/mol. The van der Waals surface area contributed by atoms with E-state index in [4.69, 9.17) is 5.11 Å². The van der Waals surface area contributed by atoms with Crippen molar-refractivity contribution in [3.63, 3.8) is 0 Å². The molecule has 1 aromatic heterocycles. The van der Waals surface area contributed by atoms with Crippen LogP contribution >= 0.6 is 23.1 Å². The van der Waals surface area contributed by atoms with Crippen LogP contribution in [0.4, 0.5) is 0 Å². The number of nitrogens with zero attached hydrogens (tertiary/aromatic N) is 1. The van der Waals surface area contributed by atoms with E-state index in [0.29, 0.717) is 0 Å². The molecule has 3 fully saturated rings. The van der Waals surface area contributed by atoms with Crippen LogP contribution in [0.1, 0.15) is 41.2 Å². The quantitative estimate of drug-likeness (QED) is 0.632. The Hall–Kier alpha value is -2.39. The number of fused-ring (bicyclic) bond motifs is 9. The van der Waals surface area contributed by atoms with E-state index in [9.17, 15) is 19.2 Å². The van der Waals surface area contributed by atoms with E-state index >= 15 is 0 Å². The van der Waals surface area contributed by atoms with Gasteiger partial charge in [-0.3, -0.25) is 24.1 Å². The minimum atomic E-state index is -0.919. The molecule has 0 unspecified atom stereocenters. The number of aryl methyl sites for hydroxylation is 1. The van der Waals surface area contributed by atoms with E-state index in [1.54, 1.807) is 11.8 Å². The zero-order chi connectivity index (χ0) is 23.0. The average molecular weight is 485 g/mol. The first-order chi connectivity index (χ1) is 15.8. The van der Waals surface area contributed by atoms with E-state index in [1.165, 1.54) is 21.8 Å². The number of carbonyl (C=O) groups is 3. The number of thiazole rings is 1. The van der Waals surface area contributed by atoms with Gasteiger partial charge in [-0.1, -0.05) is 41.2 Å². The Balaban J connectivity index is 1.37. The predicted octanol–water partition coefficient (Wildman–Crippen LogP) is 3.08. The highest BCUT2D eigenvalue weighted by Gasteiger charge is 2.69. The molecule has 0 radical (unpaired) electrons. The smallest absolute Gasteiger partial charge is 0.305 e. The summed E-state index contributed by atoms with van der Waals surface area (Å²) in [6.45, 7) is 2.23. The van der Waals surface area contributed by atoms with E-state index in [1.807, 2.05) is 6.92 Å². The lowest BCUT2D eigenvalue weighted by Gasteiger charge is -2.43. The molecule has 2 bridgehead atoms. The van der Waals surface area contributed by atoms with Crippen LogP contribution in [0.25, 0.3) is 0 Å². The van der Waals surface area contributed by atoms with Gasteiger partial charge in [-0.05, 0) is 43.1 Å². The second-order valence-electron chi connectivity index (χ2n) is 9.70. The van der Waals surface area contributed by atoms with Gasteiger partial charge in [0.2, 0.25) is 11.8 Å².